The molecule has 0 bridgehead atoms. The Hall–Kier alpha value is -3.46. The Morgan fingerprint density at radius 2 is 1.89 bits per heavy atom. The molecule has 44 heavy (non-hydrogen) atoms. The van der Waals surface area contributed by atoms with Gasteiger partial charge in [0.2, 0.25) is 0 Å². The minimum Gasteiger partial charge on any atom is -0.444 e. The van der Waals surface area contributed by atoms with Crippen LogP contribution in [0.1, 0.15) is 71.3 Å². The van der Waals surface area contributed by atoms with Gasteiger partial charge < -0.3 is 35.9 Å². The number of carbonyl (C=O) groups excluding carboxylic acids is 1. The van der Waals surface area contributed by atoms with Crippen molar-refractivity contribution in [2.45, 2.75) is 84.3 Å². The number of nitrogen functional groups attached to an aromatic ring is 1. The van der Waals surface area contributed by atoms with E-state index in [4.69, 9.17) is 19.9 Å². The monoisotopic (exact) mass is 609 g/mol. The zero-order valence-electron chi connectivity index (χ0n) is 26.9. The Kier molecular flexibility index (Phi) is 14.1. The van der Waals surface area contributed by atoms with Crippen molar-refractivity contribution in [2.75, 3.05) is 57.1 Å². The first-order valence-corrected chi connectivity index (χ1v) is 15.8. The largest absolute Gasteiger partial charge is 0.444 e. The van der Waals surface area contributed by atoms with Gasteiger partial charge in [-0.25, -0.2) is 14.8 Å². The number of ether oxygens (including phenoxy) is 3. The third-order valence-electron chi connectivity index (χ3n) is 7.64. The van der Waals surface area contributed by atoms with Crippen molar-refractivity contribution in [3.63, 3.8) is 0 Å². The first-order chi connectivity index (χ1) is 21.1. The zero-order chi connectivity index (χ0) is 31.8. The molecule has 1 aliphatic heterocycles. The van der Waals surface area contributed by atoms with Crippen LogP contribution >= 0.6 is 0 Å². The molecule has 2 aliphatic rings. The molecular weight excluding hydrogens is 558 g/mol. The highest BCUT2D eigenvalue weighted by atomic mass is 16.6. The highest BCUT2D eigenvalue weighted by Crippen LogP contribution is 2.30. The average Bonchev–Trinajstić information content (AvgIpc) is 3.01. The van der Waals surface area contributed by atoms with Crippen molar-refractivity contribution in [1.29, 1.82) is 5.26 Å². The van der Waals surface area contributed by atoms with E-state index in [1.165, 1.54) is 32.1 Å². The van der Waals surface area contributed by atoms with E-state index >= 15 is 0 Å². The number of carbonyl (C=O) groups is 1. The summed E-state index contributed by atoms with van der Waals surface area (Å²) in [6.45, 7) is 11.9. The summed E-state index contributed by atoms with van der Waals surface area (Å²) < 4.78 is 16.0. The molecule has 2 aromatic rings. The highest BCUT2D eigenvalue weighted by molar-refractivity contribution is 5.68. The summed E-state index contributed by atoms with van der Waals surface area (Å²) >= 11 is 0. The molecule has 0 aromatic carbocycles. The number of nitrogens with zero attached hydrogens (tertiary/aromatic N) is 3. The molecule has 0 atom stereocenters. The summed E-state index contributed by atoms with van der Waals surface area (Å²) in [6.07, 6.45) is 9.51. The molecule has 11 heteroatoms. The fraction of sp³-hybridized carbons (Fsp3) is 0.636. The number of hydrogen-bond donors (Lipinski definition) is 4. The molecule has 0 unspecified atom stereocenters. The van der Waals surface area contributed by atoms with Crippen molar-refractivity contribution >= 4 is 17.7 Å². The molecule has 11 nitrogen and oxygen atoms in total. The Balaban J connectivity index is 0.000000245. The minimum atomic E-state index is -0.450. The summed E-state index contributed by atoms with van der Waals surface area (Å²) in [6, 6.07) is 10.8. The predicted octanol–water partition coefficient (Wildman–Crippen LogP) is 5.22. The van der Waals surface area contributed by atoms with Gasteiger partial charge in [-0.05, 0) is 77.1 Å². The molecule has 0 radical (unpaired) electrons. The molecule has 4 rings (SSSR count). The standard InChI is InChI=1S/C18H21N5O.C15H30N2O3/c1-13-10-21-16(20)9-14(13)15-3-2-4-17(23-15)22-12-18(11-19)5-7-24-8-6-18;1-15(2,3)20-14(18)17-10-12-19-11-9-16-13-7-5-4-6-8-13/h2-4,9-10H,5-8,12H2,1H3,(H2,20,21)(H,22,23);13,16H,4-12H2,1-3H3,(H,17,18). The number of hydrogen-bond acceptors (Lipinski definition) is 10. The van der Waals surface area contributed by atoms with E-state index in [9.17, 15) is 10.1 Å². The minimum absolute atomic E-state index is 0.382. The molecule has 1 saturated carbocycles. The predicted molar refractivity (Wildman–Crippen MR) is 173 cm³/mol. The maximum absolute atomic E-state index is 11.4. The van der Waals surface area contributed by atoms with Crippen LogP contribution in [0.4, 0.5) is 16.4 Å². The summed E-state index contributed by atoms with van der Waals surface area (Å²) in [5.74, 6) is 1.23. The van der Waals surface area contributed by atoms with E-state index in [0.29, 0.717) is 51.4 Å². The van der Waals surface area contributed by atoms with Gasteiger partial charge in [0.1, 0.15) is 17.2 Å². The van der Waals surface area contributed by atoms with Gasteiger partial charge in [0.05, 0.1) is 30.4 Å². The lowest BCUT2D eigenvalue weighted by Gasteiger charge is -2.30. The molecule has 3 heterocycles. The number of aryl methyl sites for hydroxylation is 1. The highest BCUT2D eigenvalue weighted by Gasteiger charge is 2.32. The number of alkyl carbamates (subject to hydrolysis) is 1. The Morgan fingerprint density at radius 1 is 1.16 bits per heavy atom. The fourth-order valence-electron chi connectivity index (χ4n) is 5.13. The lowest BCUT2D eigenvalue weighted by atomic mass is 9.82. The normalized spacial score (nSPS) is 16.6. The summed E-state index contributed by atoms with van der Waals surface area (Å²) in [5, 5.41) is 19.0. The number of nitrogens with two attached hydrogens (primary N) is 1. The lowest BCUT2D eigenvalue weighted by Crippen LogP contribution is -2.35. The molecular formula is C33H51N7O4. The van der Waals surface area contributed by atoms with Crippen LogP contribution in [0.3, 0.4) is 0 Å². The van der Waals surface area contributed by atoms with E-state index in [2.05, 4.69) is 32.0 Å². The first kappa shape index (κ1) is 35.0. The molecule has 5 N–H and O–H groups in total. The number of aromatic nitrogens is 2. The summed E-state index contributed by atoms with van der Waals surface area (Å²) in [7, 11) is 0. The van der Waals surface area contributed by atoms with E-state index in [-0.39, 0.29) is 11.5 Å². The van der Waals surface area contributed by atoms with Crippen molar-refractivity contribution in [3.05, 3.63) is 36.0 Å². The molecule has 2 fully saturated rings. The molecule has 1 saturated heterocycles. The molecule has 242 valence electrons. The van der Waals surface area contributed by atoms with Crippen LogP contribution in [0.5, 0.6) is 0 Å². The van der Waals surface area contributed by atoms with Gasteiger partial charge in [0.25, 0.3) is 0 Å². The van der Waals surface area contributed by atoms with Crippen molar-refractivity contribution in [2.24, 2.45) is 5.41 Å². The van der Waals surface area contributed by atoms with E-state index in [0.717, 1.165) is 42.0 Å². The Labute approximate surface area is 262 Å². The number of amides is 1. The molecule has 1 amide bonds. The van der Waals surface area contributed by atoms with Gasteiger partial charge in [-0.3, -0.25) is 0 Å². The number of pyridine rings is 2. The first-order valence-electron chi connectivity index (χ1n) is 15.8. The molecule has 0 spiro atoms. The van der Waals surface area contributed by atoms with Crippen LogP contribution in [0.15, 0.2) is 30.5 Å². The SMILES string of the molecule is CC(C)(C)OC(=O)NCCOCCNC1CCCCC1.Cc1cnc(N)cc1-c1cccc(NCC2(C#N)CCOCC2)n1. The lowest BCUT2D eigenvalue weighted by molar-refractivity contribution is 0.0455. The molecule has 1 aliphatic carbocycles. The quantitative estimate of drug-likeness (QED) is 0.249. The van der Waals surface area contributed by atoms with Gasteiger partial charge in [-0.1, -0.05) is 25.3 Å². The van der Waals surface area contributed by atoms with Gasteiger partial charge in [0, 0.05) is 50.7 Å². The summed E-state index contributed by atoms with van der Waals surface area (Å²) in [5.41, 5.74) is 7.78. The van der Waals surface area contributed by atoms with Crippen molar-refractivity contribution in [1.82, 2.24) is 20.6 Å². The number of nitriles is 1. The number of rotatable bonds is 11. The summed E-state index contributed by atoms with van der Waals surface area (Å²) in [4.78, 5) is 20.1. The maximum atomic E-state index is 11.4. The zero-order valence-corrected chi connectivity index (χ0v) is 26.9. The van der Waals surface area contributed by atoms with Gasteiger partial charge in [-0.15, -0.1) is 0 Å². The molecule has 2 aromatic heterocycles. The third kappa shape index (κ3) is 12.6. The van der Waals surface area contributed by atoms with E-state index in [1.54, 1.807) is 6.20 Å². The second-order valence-corrected chi connectivity index (χ2v) is 12.5. The smallest absolute Gasteiger partial charge is 0.407 e. The van der Waals surface area contributed by atoms with Crippen LogP contribution < -0.4 is 21.7 Å². The Bertz CT molecular complexity index is 1200. The van der Waals surface area contributed by atoms with Gasteiger partial charge in [0.15, 0.2) is 0 Å². The third-order valence-corrected chi connectivity index (χ3v) is 7.64. The van der Waals surface area contributed by atoms with Crippen molar-refractivity contribution in [3.8, 4) is 17.3 Å². The van der Waals surface area contributed by atoms with Crippen LogP contribution in [0.2, 0.25) is 0 Å². The van der Waals surface area contributed by atoms with Crippen LogP contribution in [0, 0.1) is 23.7 Å². The average molecular weight is 610 g/mol. The Morgan fingerprint density at radius 3 is 2.59 bits per heavy atom. The number of nitrogens with one attached hydrogen (secondary N) is 3. The second-order valence-electron chi connectivity index (χ2n) is 12.5. The van der Waals surface area contributed by atoms with E-state index in [1.807, 2.05) is 52.0 Å². The van der Waals surface area contributed by atoms with Crippen molar-refractivity contribution < 1.29 is 19.0 Å². The van der Waals surface area contributed by atoms with Crippen LogP contribution in [-0.4, -0.2) is 73.8 Å². The fourth-order valence-corrected chi connectivity index (χ4v) is 5.13. The maximum Gasteiger partial charge on any atom is 0.407 e. The number of anilines is 2. The van der Waals surface area contributed by atoms with E-state index < -0.39 is 5.60 Å². The van der Waals surface area contributed by atoms with Gasteiger partial charge in [-0.2, -0.15) is 5.26 Å². The van der Waals surface area contributed by atoms with Gasteiger partial charge >= 0.3 is 6.09 Å². The second kappa shape index (κ2) is 17.7. The van der Waals surface area contributed by atoms with Crippen LogP contribution in [0.25, 0.3) is 11.3 Å². The van der Waals surface area contributed by atoms with Crippen LogP contribution in [-0.2, 0) is 14.2 Å². The topological polar surface area (TPSA) is 156 Å².